The smallest absolute Gasteiger partial charge is 0.0483 e. The molecule has 2 aromatic rings. The van der Waals surface area contributed by atoms with Crippen molar-refractivity contribution in [3.63, 3.8) is 0 Å². The lowest BCUT2D eigenvalue weighted by Crippen LogP contribution is -2.24. The summed E-state index contributed by atoms with van der Waals surface area (Å²) in [5, 5.41) is 4.94. The van der Waals surface area contributed by atoms with Crippen molar-refractivity contribution in [3.05, 3.63) is 36.0 Å². The summed E-state index contributed by atoms with van der Waals surface area (Å²) in [6.07, 6.45) is 3.45. The lowest BCUT2D eigenvalue weighted by molar-refractivity contribution is 0.535. The molecule has 0 amide bonds. The zero-order valence-electron chi connectivity index (χ0n) is 11.0. The first kappa shape index (κ1) is 12.2. The molecule has 1 aromatic carbocycles. The molecule has 0 aliphatic heterocycles. The summed E-state index contributed by atoms with van der Waals surface area (Å²) in [4.78, 5) is 0. The van der Waals surface area contributed by atoms with Gasteiger partial charge < -0.3 is 9.88 Å². The minimum absolute atomic E-state index is 0.582. The molecular weight excluding hydrogens is 208 g/mol. The van der Waals surface area contributed by atoms with E-state index in [0.717, 1.165) is 13.1 Å². The highest BCUT2D eigenvalue weighted by atomic mass is 15.0. The van der Waals surface area contributed by atoms with Gasteiger partial charge in [0.1, 0.15) is 0 Å². The van der Waals surface area contributed by atoms with Gasteiger partial charge in [0.15, 0.2) is 0 Å². The Hall–Kier alpha value is -1.28. The van der Waals surface area contributed by atoms with E-state index in [9.17, 15) is 0 Å². The topological polar surface area (TPSA) is 17.0 Å². The van der Waals surface area contributed by atoms with Gasteiger partial charge in [-0.3, -0.25) is 0 Å². The second kappa shape index (κ2) is 5.37. The van der Waals surface area contributed by atoms with Crippen LogP contribution in [-0.4, -0.2) is 10.6 Å². The minimum atomic E-state index is 0.582. The Bertz CT molecular complexity index is 485. The summed E-state index contributed by atoms with van der Waals surface area (Å²) in [6.45, 7) is 8.64. The number of rotatable bonds is 5. The Kier molecular flexibility index (Phi) is 3.85. The number of hydrogen-bond acceptors (Lipinski definition) is 1. The van der Waals surface area contributed by atoms with Crippen LogP contribution in [0.2, 0.25) is 0 Å². The average molecular weight is 230 g/mol. The third-order valence-corrected chi connectivity index (χ3v) is 3.47. The standard InChI is InChI=1S/C15H22N2/c1-4-12(3)16-10-13-11-17(5-2)15-9-7-6-8-14(13)15/h6-9,11-12,16H,4-5,10H2,1-3H3/t12-/m1/s1. The minimum Gasteiger partial charge on any atom is -0.347 e. The van der Waals surface area contributed by atoms with Gasteiger partial charge in [-0.15, -0.1) is 0 Å². The first-order valence-electron chi connectivity index (χ1n) is 6.56. The van der Waals surface area contributed by atoms with Crippen molar-refractivity contribution in [1.29, 1.82) is 0 Å². The molecule has 0 fully saturated rings. The van der Waals surface area contributed by atoms with Crippen LogP contribution >= 0.6 is 0 Å². The van der Waals surface area contributed by atoms with E-state index in [1.807, 2.05) is 0 Å². The van der Waals surface area contributed by atoms with E-state index in [0.29, 0.717) is 6.04 Å². The molecule has 2 nitrogen and oxygen atoms in total. The first-order chi connectivity index (χ1) is 8.26. The van der Waals surface area contributed by atoms with Crippen molar-refractivity contribution in [2.45, 2.75) is 46.3 Å². The van der Waals surface area contributed by atoms with Crippen LogP contribution in [0.4, 0.5) is 0 Å². The molecule has 0 saturated heterocycles. The fourth-order valence-corrected chi connectivity index (χ4v) is 2.15. The molecule has 0 aliphatic rings. The molecule has 0 bridgehead atoms. The molecule has 1 N–H and O–H groups in total. The van der Waals surface area contributed by atoms with Crippen LogP contribution in [0.3, 0.4) is 0 Å². The van der Waals surface area contributed by atoms with Crippen molar-refractivity contribution < 1.29 is 0 Å². The molecule has 0 unspecified atom stereocenters. The molecule has 1 aromatic heterocycles. The summed E-state index contributed by atoms with van der Waals surface area (Å²) < 4.78 is 2.32. The SMILES string of the molecule is CC[C@@H](C)NCc1cn(CC)c2ccccc12. The van der Waals surface area contributed by atoms with E-state index in [1.54, 1.807) is 0 Å². The van der Waals surface area contributed by atoms with Crippen molar-refractivity contribution in [2.75, 3.05) is 0 Å². The Morgan fingerprint density at radius 3 is 2.71 bits per heavy atom. The maximum Gasteiger partial charge on any atom is 0.0483 e. The number of aryl methyl sites for hydroxylation is 1. The Balaban J connectivity index is 2.28. The van der Waals surface area contributed by atoms with Crippen LogP contribution in [0.25, 0.3) is 10.9 Å². The quantitative estimate of drug-likeness (QED) is 0.831. The molecule has 0 aliphatic carbocycles. The summed E-state index contributed by atoms with van der Waals surface area (Å²) in [6, 6.07) is 9.23. The number of nitrogens with one attached hydrogen (secondary N) is 1. The highest BCUT2D eigenvalue weighted by Gasteiger charge is 2.07. The summed E-state index contributed by atoms with van der Waals surface area (Å²) in [7, 11) is 0. The lowest BCUT2D eigenvalue weighted by Gasteiger charge is -2.10. The fourth-order valence-electron chi connectivity index (χ4n) is 2.15. The largest absolute Gasteiger partial charge is 0.347 e. The van der Waals surface area contributed by atoms with Gasteiger partial charge in [-0.1, -0.05) is 25.1 Å². The maximum absolute atomic E-state index is 3.56. The summed E-state index contributed by atoms with van der Waals surface area (Å²) in [5.41, 5.74) is 2.75. The van der Waals surface area contributed by atoms with E-state index in [1.165, 1.54) is 22.9 Å². The number of aromatic nitrogens is 1. The van der Waals surface area contributed by atoms with Crippen LogP contribution in [-0.2, 0) is 13.1 Å². The number of hydrogen-bond donors (Lipinski definition) is 1. The molecule has 1 atom stereocenters. The van der Waals surface area contributed by atoms with E-state index >= 15 is 0 Å². The van der Waals surface area contributed by atoms with E-state index in [2.05, 4.69) is 61.1 Å². The molecule has 2 rings (SSSR count). The number of nitrogens with zero attached hydrogens (tertiary/aromatic N) is 1. The maximum atomic E-state index is 3.56. The van der Waals surface area contributed by atoms with Gasteiger partial charge in [0.2, 0.25) is 0 Å². The average Bonchev–Trinajstić information content (AvgIpc) is 2.74. The van der Waals surface area contributed by atoms with Crippen LogP contribution in [0.15, 0.2) is 30.5 Å². The molecule has 92 valence electrons. The Morgan fingerprint density at radius 1 is 1.24 bits per heavy atom. The van der Waals surface area contributed by atoms with Gasteiger partial charge in [0.25, 0.3) is 0 Å². The van der Waals surface area contributed by atoms with Gasteiger partial charge >= 0.3 is 0 Å². The zero-order valence-corrected chi connectivity index (χ0v) is 11.0. The Morgan fingerprint density at radius 2 is 2.00 bits per heavy atom. The number of para-hydroxylation sites is 1. The third kappa shape index (κ3) is 2.52. The molecule has 0 radical (unpaired) electrons. The first-order valence-corrected chi connectivity index (χ1v) is 6.56. The molecule has 0 saturated carbocycles. The number of benzene rings is 1. The van der Waals surface area contributed by atoms with Crippen LogP contribution in [0, 0.1) is 0 Å². The predicted molar refractivity (Wildman–Crippen MR) is 74.2 cm³/mol. The Labute approximate surface area is 104 Å². The van der Waals surface area contributed by atoms with Gasteiger partial charge in [0, 0.05) is 36.2 Å². The number of fused-ring (bicyclic) bond motifs is 1. The molecule has 0 spiro atoms. The predicted octanol–water partition coefficient (Wildman–Crippen LogP) is 3.55. The van der Waals surface area contributed by atoms with Crippen LogP contribution in [0.5, 0.6) is 0 Å². The van der Waals surface area contributed by atoms with Gasteiger partial charge in [-0.2, -0.15) is 0 Å². The summed E-state index contributed by atoms with van der Waals surface area (Å²) >= 11 is 0. The van der Waals surface area contributed by atoms with E-state index < -0.39 is 0 Å². The molecule has 17 heavy (non-hydrogen) atoms. The second-order valence-corrected chi connectivity index (χ2v) is 4.65. The van der Waals surface area contributed by atoms with Crippen molar-refractivity contribution in [2.24, 2.45) is 0 Å². The third-order valence-electron chi connectivity index (χ3n) is 3.47. The van der Waals surface area contributed by atoms with E-state index in [-0.39, 0.29) is 0 Å². The monoisotopic (exact) mass is 230 g/mol. The van der Waals surface area contributed by atoms with Crippen molar-refractivity contribution >= 4 is 10.9 Å². The van der Waals surface area contributed by atoms with Gasteiger partial charge in [-0.25, -0.2) is 0 Å². The van der Waals surface area contributed by atoms with Gasteiger partial charge in [0.05, 0.1) is 0 Å². The van der Waals surface area contributed by atoms with Crippen molar-refractivity contribution in [3.8, 4) is 0 Å². The van der Waals surface area contributed by atoms with Crippen LogP contribution < -0.4 is 5.32 Å². The molecule has 1 heterocycles. The molecular formula is C15H22N2. The lowest BCUT2D eigenvalue weighted by atomic mass is 10.1. The zero-order chi connectivity index (χ0) is 12.3. The summed E-state index contributed by atoms with van der Waals surface area (Å²) in [5.74, 6) is 0. The highest BCUT2D eigenvalue weighted by Crippen LogP contribution is 2.21. The second-order valence-electron chi connectivity index (χ2n) is 4.65. The normalized spacial score (nSPS) is 13.1. The highest BCUT2D eigenvalue weighted by molar-refractivity contribution is 5.83. The van der Waals surface area contributed by atoms with Crippen molar-refractivity contribution in [1.82, 2.24) is 9.88 Å². The molecule has 2 heteroatoms. The van der Waals surface area contributed by atoms with Gasteiger partial charge in [-0.05, 0) is 31.9 Å². The fraction of sp³-hybridized carbons (Fsp3) is 0.467. The van der Waals surface area contributed by atoms with Crippen LogP contribution in [0.1, 0.15) is 32.8 Å². The van der Waals surface area contributed by atoms with E-state index in [4.69, 9.17) is 0 Å².